The summed E-state index contributed by atoms with van der Waals surface area (Å²) in [5, 5.41) is 2.65. The van der Waals surface area contributed by atoms with Gasteiger partial charge in [0.05, 0.1) is 31.4 Å². The summed E-state index contributed by atoms with van der Waals surface area (Å²) in [6.45, 7) is 0. The number of hydrogen-bond donors (Lipinski definition) is 2. The molecule has 0 unspecified atom stereocenters. The van der Waals surface area contributed by atoms with Crippen molar-refractivity contribution in [3.8, 4) is 5.75 Å². The SMILES string of the molecule is COC(=O)c1cc(Cl)c(N)c(NC(=O)Cc2ccc(F)cc2)c1OC. The Balaban J connectivity index is 2.34. The third-order valence-electron chi connectivity index (χ3n) is 3.42. The van der Waals surface area contributed by atoms with E-state index in [1.807, 2.05) is 0 Å². The molecule has 25 heavy (non-hydrogen) atoms. The number of halogens is 2. The average molecular weight is 367 g/mol. The molecule has 3 N–H and O–H groups in total. The predicted molar refractivity (Wildman–Crippen MR) is 92.5 cm³/mol. The highest BCUT2D eigenvalue weighted by atomic mass is 35.5. The summed E-state index contributed by atoms with van der Waals surface area (Å²) in [5.41, 5.74) is 6.66. The van der Waals surface area contributed by atoms with Crippen LogP contribution in [0, 0.1) is 5.82 Å². The van der Waals surface area contributed by atoms with E-state index in [1.165, 1.54) is 44.6 Å². The monoisotopic (exact) mass is 366 g/mol. The van der Waals surface area contributed by atoms with Crippen molar-refractivity contribution in [2.75, 3.05) is 25.3 Å². The summed E-state index contributed by atoms with van der Waals surface area (Å²) in [5.74, 6) is -1.48. The van der Waals surface area contributed by atoms with Crippen molar-refractivity contribution in [2.45, 2.75) is 6.42 Å². The summed E-state index contributed by atoms with van der Waals surface area (Å²) >= 11 is 6.03. The maximum absolute atomic E-state index is 12.9. The number of carbonyl (C=O) groups is 2. The van der Waals surface area contributed by atoms with Crippen LogP contribution in [-0.4, -0.2) is 26.1 Å². The van der Waals surface area contributed by atoms with Gasteiger partial charge < -0.3 is 20.5 Å². The van der Waals surface area contributed by atoms with Gasteiger partial charge in [0.15, 0.2) is 5.75 Å². The Morgan fingerprint density at radius 3 is 2.44 bits per heavy atom. The smallest absolute Gasteiger partial charge is 0.341 e. The van der Waals surface area contributed by atoms with Crippen molar-refractivity contribution in [1.29, 1.82) is 0 Å². The van der Waals surface area contributed by atoms with Crippen LogP contribution >= 0.6 is 11.6 Å². The molecule has 2 rings (SSSR count). The highest BCUT2D eigenvalue weighted by Crippen LogP contribution is 2.40. The number of methoxy groups -OCH3 is 2. The number of anilines is 2. The molecule has 6 nitrogen and oxygen atoms in total. The number of nitrogens with one attached hydrogen (secondary N) is 1. The molecule has 0 aliphatic rings. The van der Waals surface area contributed by atoms with E-state index in [2.05, 4.69) is 10.1 Å². The van der Waals surface area contributed by atoms with Crippen molar-refractivity contribution in [1.82, 2.24) is 0 Å². The molecule has 0 heterocycles. The van der Waals surface area contributed by atoms with Gasteiger partial charge in [-0.25, -0.2) is 9.18 Å². The number of amides is 1. The number of benzene rings is 2. The van der Waals surface area contributed by atoms with Crippen molar-refractivity contribution in [2.24, 2.45) is 0 Å². The molecule has 0 aromatic heterocycles. The molecule has 2 aromatic rings. The lowest BCUT2D eigenvalue weighted by Gasteiger charge is -2.17. The number of ether oxygens (including phenoxy) is 2. The molecule has 0 aliphatic carbocycles. The molecule has 0 saturated heterocycles. The van der Waals surface area contributed by atoms with Crippen molar-refractivity contribution in [3.63, 3.8) is 0 Å². The van der Waals surface area contributed by atoms with Gasteiger partial charge in [0.1, 0.15) is 17.1 Å². The van der Waals surface area contributed by atoms with Gasteiger partial charge in [-0.15, -0.1) is 0 Å². The van der Waals surface area contributed by atoms with E-state index in [4.69, 9.17) is 22.1 Å². The predicted octanol–water partition coefficient (Wildman–Crippen LogP) is 3.04. The van der Waals surface area contributed by atoms with Crippen LogP contribution in [0.25, 0.3) is 0 Å². The quantitative estimate of drug-likeness (QED) is 0.627. The summed E-state index contributed by atoms with van der Waals surface area (Å²) in [7, 11) is 2.53. The molecule has 0 atom stereocenters. The van der Waals surface area contributed by atoms with Crippen LogP contribution in [0.4, 0.5) is 15.8 Å². The number of carbonyl (C=O) groups excluding carboxylic acids is 2. The lowest BCUT2D eigenvalue weighted by atomic mass is 10.1. The fraction of sp³-hybridized carbons (Fsp3) is 0.176. The molecular formula is C17H16ClFN2O4. The molecule has 0 bridgehead atoms. The van der Waals surface area contributed by atoms with Crippen molar-refractivity contribution < 1.29 is 23.5 Å². The number of hydrogen-bond acceptors (Lipinski definition) is 5. The van der Waals surface area contributed by atoms with Gasteiger partial charge in [0.2, 0.25) is 5.91 Å². The van der Waals surface area contributed by atoms with E-state index >= 15 is 0 Å². The molecule has 8 heteroatoms. The van der Waals surface area contributed by atoms with Gasteiger partial charge in [-0.05, 0) is 23.8 Å². The van der Waals surface area contributed by atoms with E-state index in [0.717, 1.165) is 0 Å². The van der Waals surface area contributed by atoms with E-state index in [-0.39, 0.29) is 34.1 Å². The molecule has 0 fully saturated rings. The number of nitrogens with two attached hydrogens (primary N) is 1. The molecule has 0 spiro atoms. The van der Waals surface area contributed by atoms with Gasteiger partial charge in [-0.3, -0.25) is 4.79 Å². The minimum Gasteiger partial charge on any atom is -0.494 e. The number of rotatable bonds is 5. The first-order valence-corrected chi connectivity index (χ1v) is 7.53. The molecule has 0 radical (unpaired) electrons. The van der Waals surface area contributed by atoms with Crippen LogP contribution in [0.1, 0.15) is 15.9 Å². The van der Waals surface area contributed by atoms with E-state index in [0.29, 0.717) is 5.56 Å². The molecule has 2 aromatic carbocycles. The van der Waals surface area contributed by atoms with E-state index in [9.17, 15) is 14.0 Å². The third-order valence-corrected chi connectivity index (χ3v) is 3.73. The molecule has 1 amide bonds. The lowest BCUT2D eigenvalue weighted by molar-refractivity contribution is -0.115. The molecule has 132 valence electrons. The Bertz CT molecular complexity index is 809. The van der Waals surface area contributed by atoms with Gasteiger partial charge in [0.25, 0.3) is 0 Å². The second kappa shape index (κ2) is 7.85. The maximum atomic E-state index is 12.9. The summed E-state index contributed by atoms with van der Waals surface area (Å²) < 4.78 is 22.8. The largest absolute Gasteiger partial charge is 0.494 e. The van der Waals surface area contributed by atoms with Crippen LogP contribution in [0.5, 0.6) is 5.75 Å². The Kier molecular flexibility index (Phi) is 5.82. The van der Waals surface area contributed by atoms with Crippen LogP contribution in [0.2, 0.25) is 5.02 Å². The fourth-order valence-corrected chi connectivity index (χ4v) is 2.42. The minimum atomic E-state index is -0.687. The third kappa shape index (κ3) is 4.19. The van der Waals surface area contributed by atoms with Gasteiger partial charge >= 0.3 is 5.97 Å². The maximum Gasteiger partial charge on any atom is 0.341 e. The zero-order valence-corrected chi connectivity index (χ0v) is 14.3. The Morgan fingerprint density at radius 2 is 1.88 bits per heavy atom. The highest BCUT2D eigenvalue weighted by Gasteiger charge is 2.23. The minimum absolute atomic E-state index is 0.0249. The topological polar surface area (TPSA) is 90.6 Å². The molecular weight excluding hydrogens is 351 g/mol. The normalized spacial score (nSPS) is 10.2. The van der Waals surface area contributed by atoms with E-state index in [1.54, 1.807) is 0 Å². The van der Waals surface area contributed by atoms with Gasteiger partial charge in [-0.1, -0.05) is 23.7 Å². The highest BCUT2D eigenvalue weighted by molar-refractivity contribution is 6.34. The number of nitrogen functional groups attached to an aromatic ring is 1. The zero-order valence-electron chi connectivity index (χ0n) is 13.6. The summed E-state index contributed by atoms with van der Waals surface area (Å²) in [4.78, 5) is 24.1. The van der Waals surface area contributed by atoms with Crippen LogP contribution in [0.3, 0.4) is 0 Å². The Morgan fingerprint density at radius 1 is 1.24 bits per heavy atom. The zero-order chi connectivity index (χ0) is 18.6. The number of esters is 1. The first-order chi connectivity index (χ1) is 11.9. The lowest BCUT2D eigenvalue weighted by Crippen LogP contribution is -2.18. The van der Waals surface area contributed by atoms with Crippen LogP contribution < -0.4 is 15.8 Å². The van der Waals surface area contributed by atoms with Crippen LogP contribution in [-0.2, 0) is 16.0 Å². The Labute approximate surface area is 148 Å². The second-order valence-electron chi connectivity index (χ2n) is 5.07. The fourth-order valence-electron chi connectivity index (χ4n) is 2.22. The first kappa shape index (κ1) is 18.5. The average Bonchev–Trinajstić information content (AvgIpc) is 2.60. The van der Waals surface area contributed by atoms with Crippen molar-refractivity contribution >= 4 is 34.9 Å². The summed E-state index contributed by atoms with van der Waals surface area (Å²) in [6, 6.07) is 6.80. The Hall–Kier alpha value is -2.80. The second-order valence-corrected chi connectivity index (χ2v) is 5.48. The van der Waals surface area contributed by atoms with Gasteiger partial charge in [-0.2, -0.15) is 0 Å². The standard InChI is InChI=1S/C17H16ClFN2O4/c1-24-16-11(17(23)25-2)8-12(18)14(20)15(16)21-13(22)7-9-3-5-10(19)6-4-9/h3-6,8H,7,20H2,1-2H3,(H,21,22). The van der Waals surface area contributed by atoms with E-state index < -0.39 is 17.7 Å². The summed E-state index contributed by atoms with van der Waals surface area (Å²) in [6.07, 6.45) is -0.0249. The first-order valence-electron chi connectivity index (χ1n) is 7.16. The van der Waals surface area contributed by atoms with Gasteiger partial charge in [0, 0.05) is 0 Å². The van der Waals surface area contributed by atoms with Crippen molar-refractivity contribution in [3.05, 3.63) is 52.3 Å². The molecule has 0 saturated carbocycles. The van der Waals surface area contributed by atoms with Crippen LogP contribution in [0.15, 0.2) is 30.3 Å². The molecule has 0 aliphatic heterocycles.